The lowest BCUT2D eigenvalue weighted by Crippen LogP contribution is -2.22. The molecule has 4 nitrogen and oxygen atoms in total. The zero-order valence-electron chi connectivity index (χ0n) is 11.9. The Morgan fingerprint density at radius 2 is 2.25 bits per heavy atom. The molecular formula is C14H19N3OS2. The third-order valence-corrected chi connectivity index (χ3v) is 4.89. The van der Waals surface area contributed by atoms with Gasteiger partial charge in [0.25, 0.3) is 0 Å². The molecule has 0 spiro atoms. The first-order valence-corrected chi connectivity index (χ1v) is 8.33. The molecule has 0 aliphatic rings. The van der Waals surface area contributed by atoms with E-state index >= 15 is 0 Å². The van der Waals surface area contributed by atoms with Gasteiger partial charge in [-0.2, -0.15) is 0 Å². The second kappa shape index (κ2) is 7.61. The van der Waals surface area contributed by atoms with Crippen molar-refractivity contribution in [1.82, 2.24) is 15.5 Å². The number of hydrogen-bond acceptors (Lipinski definition) is 6. The number of benzene rings is 1. The standard InChI is InChI=1S/C14H19N3OS2/c1-4-15-13(9-19-14-17-16-10(2)20-14)11-6-5-7-12(8-11)18-3/h5-8,13,15H,4,9H2,1-3H3. The maximum absolute atomic E-state index is 5.29. The Labute approximate surface area is 128 Å². The fourth-order valence-corrected chi connectivity index (χ4v) is 3.80. The van der Waals surface area contributed by atoms with Crippen LogP contribution in [0.15, 0.2) is 28.6 Å². The zero-order valence-corrected chi connectivity index (χ0v) is 13.6. The molecule has 0 saturated heterocycles. The molecule has 1 aromatic heterocycles. The van der Waals surface area contributed by atoms with E-state index < -0.39 is 0 Å². The van der Waals surface area contributed by atoms with Crippen LogP contribution in [0.1, 0.15) is 23.5 Å². The van der Waals surface area contributed by atoms with Crippen molar-refractivity contribution >= 4 is 23.1 Å². The van der Waals surface area contributed by atoms with E-state index in [1.165, 1.54) is 5.56 Å². The van der Waals surface area contributed by atoms with Gasteiger partial charge in [0.05, 0.1) is 7.11 Å². The van der Waals surface area contributed by atoms with Gasteiger partial charge >= 0.3 is 0 Å². The number of rotatable bonds is 7. The van der Waals surface area contributed by atoms with Gasteiger partial charge in [-0.1, -0.05) is 42.2 Å². The summed E-state index contributed by atoms with van der Waals surface area (Å²) in [7, 11) is 1.69. The smallest absolute Gasteiger partial charge is 0.174 e. The summed E-state index contributed by atoms with van der Waals surface area (Å²) >= 11 is 3.38. The monoisotopic (exact) mass is 309 g/mol. The Morgan fingerprint density at radius 1 is 1.40 bits per heavy atom. The molecule has 2 aromatic rings. The lowest BCUT2D eigenvalue weighted by Gasteiger charge is -2.18. The number of ether oxygens (including phenoxy) is 1. The Balaban J connectivity index is 2.05. The van der Waals surface area contributed by atoms with Crippen molar-refractivity contribution < 1.29 is 4.74 Å². The lowest BCUT2D eigenvalue weighted by atomic mass is 10.1. The van der Waals surface area contributed by atoms with Gasteiger partial charge < -0.3 is 10.1 Å². The summed E-state index contributed by atoms with van der Waals surface area (Å²) in [6, 6.07) is 8.48. The minimum Gasteiger partial charge on any atom is -0.497 e. The molecule has 2 rings (SSSR count). The zero-order chi connectivity index (χ0) is 14.4. The Morgan fingerprint density at radius 3 is 2.90 bits per heavy atom. The van der Waals surface area contributed by atoms with E-state index in [0.717, 1.165) is 27.4 Å². The highest BCUT2D eigenvalue weighted by Crippen LogP contribution is 2.28. The summed E-state index contributed by atoms with van der Waals surface area (Å²) in [5, 5.41) is 12.7. The van der Waals surface area contributed by atoms with Crippen LogP contribution in [0.4, 0.5) is 0 Å². The average molecular weight is 309 g/mol. The van der Waals surface area contributed by atoms with Gasteiger partial charge in [0.15, 0.2) is 4.34 Å². The van der Waals surface area contributed by atoms with Gasteiger partial charge in [-0.05, 0) is 31.2 Å². The van der Waals surface area contributed by atoms with Crippen LogP contribution in [-0.2, 0) is 0 Å². The van der Waals surface area contributed by atoms with Crippen LogP contribution in [0.5, 0.6) is 5.75 Å². The number of methoxy groups -OCH3 is 1. The topological polar surface area (TPSA) is 47.0 Å². The highest BCUT2D eigenvalue weighted by molar-refractivity contribution is 8.01. The summed E-state index contributed by atoms with van der Waals surface area (Å²) in [4.78, 5) is 0. The largest absolute Gasteiger partial charge is 0.497 e. The molecule has 0 radical (unpaired) electrons. The fourth-order valence-electron chi connectivity index (χ4n) is 1.87. The molecule has 1 aromatic carbocycles. The molecule has 1 N–H and O–H groups in total. The lowest BCUT2D eigenvalue weighted by molar-refractivity contribution is 0.413. The molecule has 1 atom stereocenters. The van der Waals surface area contributed by atoms with Crippen LogP contribution in [-0.4, -0.2) is 29.6 Å². The van der Waals surface area contributed by atoms with Gasteiger partial charge in [0, 0.05) is 11.8 Å². The number of thioether (sulfide) groups is 1. The van der Waals surface area contributed by atoms with Gasteiger partial charge in [0.1, 0.15) is 10.8 Å². The summed E-state index contributed by atoms with van der Waals surface area (Å²) in [6.07, 6.45) is 0. The summed E-state index contributed by atoms with van der Waals surface area (Å²) in [6.45, 7) is 5.02. The van der Waals surface area contributed by atoms with Crippen LogP contribution >= 0.6 is 23.1 Å². The minimum absolute atomic E-state index is 0.282. The van der Waals surface area contributed by atoms with Crippen molar-refractivity contribution in [3.63, 3.8) is 0 Å². The van der Waals surface area contributed by atoms with Gasteiger partial charge in [-0.15, -0.1) is 10.2 Å². The van der Waals surface area contributed by atoms with Crippen molar-refractivity contribution in [2.24, 2.45) is 0 Å². The Kier molecular flexibility index (Phi) is 5.82. The van der Waals surface area contributed by atoms with E-state index in [1.54, 1.807) is 30.2 Å². The predicted molar refractivity (Wildman–Crippen MR) is 84.8 cm³/mol. The third-order valence-electron chi connectivity index (χ3n) is 2.83. The molecule has 0 saturated carbocycles. The SMILES string of the molecule is CCNC(CSc1nnc(C)s1)c1cccc(OC)c1. The number of nitrogens with one attached hydrogen (secondary N) is 1. The molecule has 0 fully saturated rings. The number of aromatic nitrogens is 2. The summed E-state index contributed by atoms with van der Waals surface area (Å²) < 4.78 is 6.32. The number of nitrogens with zero attached hydrogens (tertiary/aromatic N) is 2. The second-order valence-electron chi connectivity index (χ2n) is 4.28. The van der Waals surface area contributed by atoms with Crippen molar-refractivity contribution in [3.8, 4) is 5.75 Å². The summed E-state index contributed by atoms with van der Waals surface area (Å²) in [5.74, 6) is 1.82. The van der Waals surface area contributed by atoms with Crippen molar-refractivity contribution in [3.05, 3.63) is 34.8 Å². The van der Waals surface area contributed by atoms with Crippen molar-refractivity contribution in [2.45, 2.75) is 24.2 Å². The second-order valence-corrected chi connectivity index (χ2v) is 6.73. The van der Waals surface area contributed by atoms with E-state index in [2.05, 4.69) is 34.6 Å². The van der Waals surface area contributed by atoms with Crippen molar-refractivity contribution in [1.29, 1.82) is 0 Å². The quantitative estimate of drug-likeness (QED) is 0.795. The minimum atomic E-state index is 0.282. The van der Waals surface area contributed by atoms with Gasteiger partial charge in [-0.3, -0.25) is 0 Å². The first kappa shape index (κ1) is 15.3. The van der Waals surface area contributed by atoms with Crippen LogP contribution in [0, 0.1) is 6.92 Å². The van der Waals surface area contributed by atoms with E-state index in [1.807, 2.05) is 19.1 Å². The highest BCUT2D eigenvalue weighted by Gasteiger charge is 2.13. The molecule has 6 heteroatoms. The van der Waals surface area contributed by atoms with Crippen LogP contribution in [0.3, 0.4) is 0 Å². The molecule has 0 aliphatic carbocycles. The fraction of sp³-hybridized carbons (Fsp3) is 0.429. The highest BCUT2D eigenvalue weighted by atomic mass is 32.2. The van der Waals surface area contributed by atoms with E-state index in [0.29, 0.717) is 0 Å². The van der Waals surface area contributed by atoms with Gasteiger partial charge in [-0.25, -0.2) is 0 Å². The molecule has 0 bridgehead atoms. The summed E-state index contributed by atoms with van der Waals surface area (Å²) in [5.41, 5.74) is 1.24. The van der Waals surface area contributed by atoms with Gasteiger partial charge in [0.2, 0.25) is 0 Å². The average Bonchev–Trinajstić information content (AvgIpc) is 2.89. The maximum Gasteiger partial charge on any atom is 0.174 e. The number of hydrogen-bond donors (Lipinski definition) is 1. The maximum atomic E-state index is 5.29. The normalized spacial score (nSPS) is 12.3. The van der Waals surface area contributed by atoms with Crippen LogP contribution in [0.25, 0.3) is 0 Å². The molecule has 1 unspecified atom stereocenters. The van der Waals surface area contributed by atoms with Crippen molar-refractivity contribution in [2.75, 3.05) is 19.4 Å². The Bertz CT molecular complexity index is 545. The number of aryl methyl sites for hydroxylation is 1. The molecule has 1 heterocycles. The van der Waals surface area contributed by atoms with Crippen LogP contribution < -0.4 is 10.1 Å². The third kappa shape index (κ3) is 4.19. The molecule has 0 aliphatic heterocycles. The molecular weight excluding hydrogens is 290 g/mol. The van der Waals surface area contributed by atoms with E-state index in [-0.39, 0.29) is 6.04 Å². The molecule has 20 heavy (non-hydrogen) atoms. The first-order chi connectivity index (χ1) is 9.72. The van der Waals surface area contributed by atoms with Crippen LogP contribution in [0.2, 0.25) is 0 Å². The molecule has 108 valence electrons. The van der Waals surface area contributed by atoms with E-state index in [9.17, 15) is 0 Å². The van der Waals surface area contributed by atoms with E-state index in [4.69, 9.17) is 4.74 Å². The molecule has 0 amide bonds. The predicted octanol–water partition coefficient (Wildman–Crippen LogP) is 3.30. The first-order valence-electron chi connectivity index (χ1n) is 6.53. The Hall–Kier alpha value is -1.11.